The van der Waals surface area contributed by atoms with Crippen molar-refractivity contribution >= 4 is 5.78 Å². The number of hydrogen-bond donors (Lipinski definition) is 2. The van der Waals surface area contributed by atoms with Gasteiger partial charge in [-0.3, -0.25) is 4.79 Å². The highest BCUT2D eigenvalue weighted by Crippen LogP contribution is 2.41. The molecule has 1 aliphatic heterocycles. The Morgan fingerprint density at radius 2 is 1.68 bits per heavy atom. The molecule has 4 nitrogen and oxygen atoms in total. The first-order valence-corrected chi connectivity index (χ1v) is 6.27. The van der Waals surface area contributed by atoms with Crippen molar-refractivity contribution in [3.05, 3.63) is 52.8 Å². The largest absolute Gasteiger partial charge is 0.508 e. The summed E-state index contributed by atoms with van der Waals surface area (Å²) < 4.78 is 44.9. The number of hydrogen-bond acceptors (Lipinski definition) is 4. The van der Waals surface area contributed by atoms with Crippen molar-refractivity contribution in [3.63, 3.8) is 0 Å². The zero-order chi connectivity index (χ0) is 16.0. The van der Waals surface area contributed by atoms with Crippen LogP contribution < -0.4 is 4.74 Å². The van der Waals surface area contributed by atoms with E-state index in [0.717, 1.165) is 24.3 Å². The number of Topliss-reactive ketones (excluding diaryl/α,β-unsaturated/α-hetero) is 1. The average Bonchev–Trinajstić information content (AvgIpc) is 2.42. The molecule has 0 bridgehead atoms. The minimum absolute atomic E-state index is 0.0572. The number of carbonyl (C=O) groups is 1. The van der Waals surface area contributed by atoms with Crippen molar-refractivity contribution in [3.8, 4) is 17.2 Å². The van der Waals surface area contributed by atoms with Crippen molar-refractivity contribution in [1.82, 2.24) is 0 Å². The standard InChI is InChI=1S/C15H9F3O4/c16-8-1-6(2-9(17)15(8)18)12-5-11(21)14-10(20)3-7(19)4-13(14)22-12/h1-4,12,19-20H,5H2. The number of ether oxygens (including phenoxy) is 1. The Balaban J connectivity index is 2.04. The van der Waals surface area contributed by atoms with E-state index in [-0.39, 0.29) is 29.0 Å². The maximum absolute atomic E-state index is 13.3. The molecule has 2 N–H and O–H groups in total. The Morgan fingerprint density at radius 1 is 1.05 bits per heavy atom. The van der Waals surface area contributed by atoms with Crippen LogP contribution in [0, 0.1) is 17.5 Å². The number of phenols is 2. The van der Waals surface area contributed by atoms with Crippen LogP contribution in [0.3, 0.4) is 0 Å². The minimum atomic E-state index is -1.61. The lowest BCUT2D eigenvalue weighted by Gasteiger charge is -2.26. The fraction of sp³-hybridized carbons (Fsp3) is 0.133. The first-order valence-electron chi connectivity index (χ1n) is 6.27. The van der Waals surface area contributed by atoms with Gasteiger partial charge >= 0.3 is 0 Å². The molecule has 0 fully saturated rings. The van der Waals surface area contributed by atoms with Crippen LogP contribution in [0.2, 0.25) is 0 Å². The Hall–Kier alpha value is -2.70. The fourth-order valence-corrected chi connectivity index (χ4v) is 2.37. The van der Waals surface area contributed by atoms with E-state index in [2.05, 4.69) is 0 Å². The van der Waals surface area contributed by atoms with Crippen LogP contribution in [-0.4, -0.2) is 16.0 Å². The van der Waals surface area contributed by atoms with Crippen LogP contribution in [-0.2, 0) is 0 Å². The SMILES string of the molecule is O=C1CC(c2cc(F)c(F)c(F)c2)Oc2cc(O)cc(O)c21. The number of benzene rings is 2. The van der Waals surface area contributed by atoms with Crippen molar-refractivity contribution in [2.24, 2.45) is 0 Å². The quantitative estimate of drug-likeness (QED) is 0.794. The molecular weight excluding hydrogens is 301 g/mol. The maximum atomic E-state index is 13.3. The van der Waals surface area contributed by atoms with Crippen molar-refractivity contribution < 1.29 is 32.9 Å². The predicted octanol–water partition coefficient (Wildman–Crippen LogP) is 3.22. The summed E-state index contributed by atoms with van der Waals surface area (Å²) in [6.07, 6.45) is -1.33. The number of halogens is 3. The third-order valence-corrected chi connectivity index (χ3v) is 3.36. The van der Waals surface area contributed by atoms with Crippen LogP contribution in [0.15, 0.2) is 24.3 Å². The van der Waals surface area contributed by atoms with E-state index in [1.54, 1.807) is 0 Å². The highest BCUT2D eigenvalue weighted by molar-refractivity contribution is 6.02. The molecule has 7 heteroatoms. The highest BCUT2D eigenvalue weighted by Gasteiger charge is 2.31. The lowest BCUT2D eigenvalue weighted by atomic mass is 9.95. The molecule has 1 atom stereocenters. The third-order valence-electron chi connectivity index (χ3n) is 3.36. The van der Waals surface area contributed by atoms with Gasteiger partial charge in [0.15, 0.2) is 23.2 Å². The minimum Gasteiger partial charge on any atom is -0.508 e. The zero-order valence-electron chi connectivity index (χ0n) is 10.9. The summed E-state index contributed by atoms with van der Waals surface area (Å²) >= 11 is 0. The summed E-state index contributed by atoms with van der Waals surface area (Å²) in [6.45, 7) is 0. The summed E-state index contributed by atoms with van der Waals surface area (Å²) in [5.41, 5.74) is -0.171. The van der Waals surface area contributed by atoms with Gasteiger partial charge in [-0.2, -0.15) is 0 Å². The molecule has 0 saturated heterocycles. The van der Waals surface area contributed by atoms with Crippen LogP contribution in [0.4, 0.5) is 13.2 Å². The number of carbonyl (C=O) groups excluding carboxylic acids is 1. The summed E-state index contributed by atoms with van der Waals surface area (Å²) in [4.78, 5) is 12.1. The zero-order valence-corrected chi connectivity index (χ0v) is 10.9. The molecule has 3 rings (SSSR count). The summed E-state index contributed by atoms with van der Waals surface area (Å²) in [7, 11) is 0. The van der Waals surface area contributed by atoms with E-state index in [9.17, 15) is 28.2 Å². The van der Waals surface area contributed by atoms with E-state index in [1.165, 1.54) is 0 Å². The second kappa shape index (κ2) is 4.94. The number of phenolic OH excluding ortho intramolecular Hbond substituents is 2. The first-order chi connectivity index (χ1) is 10.4. The molecule has 0 aliphatic carbocycles. The molecule has 0 saturated carbocycles. The van der Waals surface area contributed by atoms with Gasteiger partial charge in [0, 0.05) is 12.1 Å². The second-order valence-electron chi connectivity index (χ2n) is 4.87. The van der Waals surface area contributed by atoms with Crippen molar-refractivity contribution in [2.75, 3.05) is 0 Å². The van der Waals surface area contributed by atoms with E-state index in [4.69, 9.17) is 4.74 Å². The molecule has 1 aliphatic rings. The van der Waals surface area contributed by atoms with Gasteiger partial charge in [-0.15, -0.1) is 0 Å². The summed E-state index contributed by atoms with van der Waals surface area (Å²) in [6, 6.07) is 3.57. The Labute approximate surface area is 122 Å². The lowest BCUT2D eigenvalue weighted by molar-refractivity contribution is 0.0843. The van der Waals surface area contributed by atoms with Crippen LogP contribution in [0.25, 0.3) is 0 Å². The average molecular weight is 310 g/mol. The van der Waals surface area contributed by atoms with Crippen LogP contribution >= 0.6 is 0 Å². The Morgan fingerprint density at radius 3 is 2.32 bits per heavy atom. The van der Waals surface area contributed by atoms with E-state index in [1.807, 2.05) is 0 Å². The number of fused-ring (bicyclic) bond motifs is 1. The maximum Gasteiger partial charge on any atom is 0.194 e. The Kier molecular flexibility index (Phi) is 3.20. The molecule has 2 aromatic carbocycles. The van der Waals surface area contributed by atoms with Crippen molar-refractivity contribution in [1.29, 1.82) is 0 Å². The third kappa shape index (κ3) is 2.24. The van der Waals surface area contributed by atoms with Crippen molar-refractivity contribution in [2.45, 2.75) is 12.5 Å². The van der Waals surface area contributed by atoms with E-state index < -0.39 is 35.1 Å². The molecule has 2 aromatic rings. The molecule has 0 radical (unpaired) electrons. The van der Waals surface area contributed by atoms with Gasteiger partial charge in [0.2, 0.25) is 0 Å². The van der Waals surface area contributed by atoms with Crippen LogP contribution in [0.5, 0.6) is 17.2 Å². The second-order valence-corrected chi connectivity index (χ2v) is 4.87. The molecule has 0 spiro atoms. The van der Waals surface area contributed by atoms with Gasteiger partial charge in [0.05, 0.1) is 6.42 Å². The van der Waals surface area contributed by atoms with E-state index >= 15 is 0 Å². The molecule has 0 aromatic heterocycles. The normalized spacial score (nSPS) is 17.0. The van der Waals surface area contributed by atoms with Gasteiger partial charge in [0.1, 0.15) is 28.9 Å². The van der Waals surface area contributed by atoms with Gasteiger partial charge in [0.25, 0.3) is 0 Å². The molecule has 0 amide bonds. The number of aromatic hydroxyl groups is 2. The first kappa shape index (κ1) is 14.2. The smallest absolute Gasteiger partial charge is 0.194 e. The van der Waals surface area contributed by atoms with Gasteiger partial charge < -0.3 is 14.9 Å². The summed E-state index contributed by atoms with van der Waals surface area (Å²) in [5, 5.41) is 19.1. The molecule has 114 valence electrons. The van der Waals surface area contributed by atoms with Gasteiger partial charge in [-0.25, -0.2) is 13.2 Å². The molecule has 1 heterocycles. The predicted molar refractivity (Wildman–Crippen MR) is 68.4 cm³/mol. The number of rotatable bonds is 1. The topological polar surface area (TPSA) is 66.8 Å². The molecular formula is C15H9F3O4. The lowest BCUT2D eigenvalue weighted by Crippen LogP contribution is -2.21. The summed E-state index contributed by atoms with van der Waals surface area (Å²) in [5.74, 6) is -5.80. The monoisotopic (exact) mass is 310 g/mol. The highest BCUT2D eigenvalue weighted by atomic mass is 19.2. The molecule has 22 heavy (non-hydrogen) atoms. The molecule has 1 unspecified atom stereocenters. The van der Waals surface area contributed by atoms with Gasteiger partial charge in [-0.05, 0) is 17.7 Å². The number of ketones is 1. The van der Waals surface area contributed by atoms with Gasteiger partial charge in [-0.1, -0.05) is 0 Å². The van der Waals surface area contributed by atoms with Crippen LogP contribution in [0.1, 0.15) is 28.4 Å². The van der Waals surface area contributed by atoms with E-state index in [0.29, 0.717) is 0 Å². The fourth-order valence-electron chi connectivity index (χ4n) is 2.37. The Bertz CT molecular complexity index is 766.